The summed E-state index contributed by atoms with van der Waals surface area (Å²) in [5.41, 5.74) is 1.97. The molecule has 4 rings (SSSR count). The normalized spacial score (nSPS) is 17.4. The molecule has 1 amide bonds. The van der Waals surface area contributed by atoms with Crippen LogP contribution in [0.2, 0.25) is 0 Å². The first-order chi connectivity index (χ1) is 12.7. The molecule has 0 aromatic carbocycles. The fraction of sp³-hybridized carbons (Fsp3) is 0.350. The average molecular weight is 366 g/mol. The molecule has 4 heterocycles. The van der Waals surface area contributed by atoms with Crippen molar-refractivity contribution in [3.05, 3.63) is 70.2 Å². The van der Waals surface area contributed by atoms with Crippen LogP contribution in [-0.4, -0.2) is 38.4 Å². The van der Waals surface area contributed by atoms with Crippen LogP contribution in [0.25, 0.3) is 0 Å². The Hall–Kier alpha value is -2.47. The van der Waals surface area contributed by atoms with Crippen LogP contribution in [0.1, 0.15) is 45.4 Å². The van der Waals surface area contributed by atoms with Crippen LogP contribution in [0, 0.1) is 6.92 Å². The van der Waals surface area contributed by atoms with Gasteiger partial charge in [0.05, 0.1) is 12.1 Å². The number of hydrogen-bond donors (Lipinski definition) is 0. The topological polar surface area (TPSA) is 51.0 Å². The molecule has 1 fully saturated rings. The number of carbonyl (C=O) groups excluding carboxylic acids is 1. The van der Waals surface area contributed by atoms with Crippen LogP contribution in [0.5, 0.6) is 0 Å². The number of piperidine rings is 1. The molecule has 0 saturated carbocycles. The van der Waals surface area contributed by atoms with E-state index in [-0.39, 0.29) is 11.8 Å². The summed E-state index contributed by atoms with van der Waals surface area (Å²) in [5.74, 6) is 1.48. The summed E-state index contributed by atoms with van der Waals surface area (Å²) in [7, 11) is 0. The lowest BCUT2D eigenvalue weighted by Gasteiger charge is -2.32. The predicted octanol–water partition coefficient (Wildman–Crippen LogP) is 3.72. The Morgan fingerprint density at radius 2 is 2.31 bits per heavy atom. The highest BCUT2D eigenvalue weighted by molar-refractivity contribution is 7.10. The smallest absolute Gasteiger partial charge is 0.254 e. The molecule has 1 aliphatic heterocycles. The molecular weight excluding hydrogens is 344 g/mol. The summed E-state index contributed by atoms with van der Waals surface area (Å²) in [6, 6.07) is 6.02. The Morgan fingerprint density at radius 1 is 1.38 bits per heavy atom. The van der Waals surface area contributed by atoms with Crippen molar-refractivity contribution >= 4 is 17.2 Å². The molecule has 0 unspecified atom stereocenters. The van der Waals surface area contributed by atoms with Crippen molar-refractivity contribution in [1.29, 1.82) is 0 Å². The van der Waals surface area contributed by atoms with Crippen molar-refractivity contribution < 1.29 is 4.79 Å². The minimum atomic E-state index is 0.143. The van der Waals surface area contributed by atoms with Crippen molar-refractivity contribution in [3.8, 4) is 0 Å². The second-order valence-electron chi connectivity index (χ2n) is 6.81. The Balaban J connectivity index is 1.50. The van der Waals surface area contributed by atoms with Gasteiger partial charge < -0.3 is 9.47 Å². The zero-order valence-electron chi connectivity index (χ0n) is 14.8. The van der Waals surface area contributed by atoms with E-state index in [0.717, 1.165) is 49.4 Å². The summed E-state index contributed by atoms with van der Waals surface area (Å²) in [6.07, 6.45) is 9.63. The molecule has 5 nitrogen and oxygen atoms in total. The molecule has 0 radical (unpaired) electrons. The molecule has 0 N–H and O–H groups in total. The van der Waals surface area contributed by atoms with Crippen LogP contribution >= 0.6 is 11.3 Å². The maximum atomic E-state index is 12.8. The quantitative estimate of drug-likeness (QED) is 0.707. The summed E-state index contributed by atoms with van der Waals surface area (Å²) in [5, 5.41) is 1.96. The van der Waals surface area contributed by atoms with Gasteiger partial charge in [0.1, 0.15) is 5.82 Å². The Kier molecular flexibility index (Phi) is 4.84. The lowest BCUT2D eigenvalue weighted by molar-refractivity contribution is 0.0704. The van der Waals surface area contributed by atoms with Gasteiger partial charge >= 0.3 is 0 Å². The maximum Gasteiger partial charge on any atom is 0.254 e. The van der Waals surface area contributed by atoms with Gasteiger partial charge in [-0.1, -0.05) is 6.07 Å². The average Bonchev–Trinajstić information content (AvgIpc) is 3.31. The minimum Gasteiger partial charge on any atom is -0.338 e. The van der Waals surface area contributed by atoms with Gasteiger partial charge in [-0.15, -0.1) is 11.3 Å². The van der Waals surface area contributed by atoms with E-state index in [9.17, 15) is 4.79 Å². The molecular formula is C20H22N4OS. The lowest BCUT2D eigenvalue weighted by Crippen LogP contribution is -2.39. The van der Waals surface area contributed by atoms with Crippen LogP contribution in [-0.2, 0) is 6.54 Å². The van der Waals surface area contributed by atoms with Crippen molar-refractivity contribution in [2.45, 2.75) is 32.2 Å². The number of aromatic nitrogens is 3. The van der Waals surface area contributed by atoms with Gasteiger partial charge in [-0.2, -0.15) is 0 Å². The third-order valence-corrected chi connectivity index (χ3v) is 5.74. The van der Waals surface area contributed by atoms with Crippen LogP contribution < -0.4 is 0 Å². The largest absolute Gasteiger partial charge is 0.338 e. The maximum absolute atomic E-state index is 12.8. The first kappa shape index (κ1) is 17.0. The number of rotatable bonds is 4. The monoisotopic (exact) mass is 366 g/mol. The molecule has 1 aliphatic rings. The van der Waals surface area contributed by atoms with E-state index in [1.54, 1.807) is 17.5 Å². The van der Waals surface area contributed by atoms with Gasteiger partial charge in [-0.05, 0) is 37.5 Å². The second-order valence-corrected chi connectivity index (χ2v) is 7.93. The van der Waals surface area contributed by atoms with Crippen molar-refractivity contribution in [3.63, 3.8) is 0 Å². The summed E-state index contributed by atoms with van der Waals surface area (Å²) < 4.78 is 2.18. The Labute approximate surface area is 157 Å². The Bertz CT molecular complexity index is 886. The van der Waals surface area contributed by atoms with Gasteiger partial charge in [-0.25, -0.2) is 4.98 Å². The first-order valence-electron chi connectivity index (χ1n) is 8.95. The van der Waals surface area contributed by atoms with Crippen molar-refractivity contribution in [2.75, 3.05) is 13.1 Å². The highest BCUT2D eigenvalue weighted by Gasteiger charge is 2.28. The number of hydrogen-bond acceptors (Lipinski definition) is 4. The van der Waals surface area contributed by atoms with E-state index in [1.165, 1.54) is 4.88 Å². The minimum absolute atomic E-state index is 0.143. The number of nitrogens with zero attached hydrogens (tertiary/aromatic N) is 4. The highest BCUT2D eigenvalue weighted by atomic mass is 32.1. The van der Waals surface area contributed by atoms with E-state index in [0.29, 0.717) is 0 Å². The number of pyridine rings is 1. The van der Waals surface area contributed by atoms with E-state index < -0.39 is 0 Å². The lowest BCUT2D eigenvalue weighted by atomic mass is 9.96. The molecule has 0 spiro atoms. The van der Waals surface area contributed by atoms with Crippen LogP contribution in [0.4, 0.5) is 0 Å². The molecule has 0 bridgehead atoms. The zero-order valence-corrected chi connectivity index (χ0v) is 15.7. The third-order valence-electron chi connectivity index (χ3n) is 4.87. The van der Waals surface area contributed by atoms with E-state index in [4.69, 9.17) is 0 Å². The number of amides is 1. The number of aryl methyl sites for hydroxylation is 1. The van der Waals surface area contributed by atoms with E-state index >= 15 is 0 Å². The number of carbonyl (C=O) groups is 1. The predicted molar refractivity (Wildman–Crippen MR) is 103 cm³/mol. The third kappa shape index (κ3) is 3.55. The molecule has 3 aromatic rings. The fourth-order valence-corrected chi connectivity index (χ4v) is 4.29. The molecule has 3 aromatic heterocycles. The SMILES string of the molecule is Cc1cc(C(=O)N2CCC[C@H](c3nccn3Cc3cccnc3)C2)cs1. The molecule has 0 aliphatic carbocycles. The number of imidazole rings is 1. The molecule has 1 atom stereocenters. The van der Waals surface area contributed by atoms with Gasteiger partial charge in [0.2, 0.25) is 0 Å². The van der Waals surface area contributed by atoms with Crippen LogP contribution in [0.15, 0.2) is 48.4 Å². The zero-order chi connectivity index (χ0) is 17.9. The standard InChI is InChI=1S/C20H22N4OS/c1-15-10-18(14-26-15)20(25)24-8-3-5-17(13-24)19-22-7-9-23(19)12-16-4-2-6-21-11-16/h2,4,6-7,9-11,14,17H,3,5,8,12-13H2,1H3/t17-/m0/s1. The second kappa shape index (κ2) is 7.41. The van der Waals surface area contributed by atoms with Crippen molar-refractivity contribution in [1.82, 2.24) is 19.4 Å². The number of thiophene rings is 1. The number of likely N-dealkylation sites (tertiary alicyclic amines) is 1. The molecule has 6 heteroatoms. The fourth-order valence-electron chi connectivity index (χ4n) is 3.61. The highest BCUT2D eigenvalue weighted by Crippen LogP contribution is 2.28. The molecule has 26 heavy (non-hydrogen) atoms. The summed E-state index contributed by atoms with van der Waals surface area (Å²) in [4.78, 5) is 24.8. The van der Waals surface area contributed by atoms with Gasteiger partial charge in [0.15, 0.2) is 0 Å². The van der Waals surface area contributed by atoms with Gasteiger partial charge in [-0.3, -0.25) is 9.78 Å². The van der Waals surface area contributed by atoms with Gasteiger partial charge in [0, 0.05) is 54.1 Å². The summed E-state index contributed by atoms with van der Waals surface area (Å²) in [6.45, 7) is 4.36. The summed E-state index contributed by atoms with van der Waals surface area (Å²) >= 11 is 1.63. The van der Waals surface area contributed by atoms with E-state index in [2.05, 4.69) is 20.6 Å². The van der Waals surface area contributed by atoms with E-state index in [1.807, 2.05) is 47.9 Å². The Morgan fingerprint density at radius 3 is 3.08 bits per heavy atom. The first-order valence-corrected chi connectivity index (χ1v) is 9.83. The van der Waals surface area contributed by atoms with Crippen LogP contribution in [0.3, 0.4) is 0 Å². The van der Waals surface area contributed by atoms with Crippen molar-refractivity contribution in [2.24, 2.45) is 0 Å². The van der Waals surface area contributed by atoms with Gasteiger partial charge in [0.25, 0.3) is 5.91 Å². The molecule has 134 valence electrons. The molecule has 1 saturated heterocycles.